The summed E-state index contributed by atoms with van der Waals surface area (Å²) in [7, 11) is 1.71. The minimum atomic E-state index is 0.595. The van der Waals surface area contributed by atoms with E-state index >= 15 is 0 Å². The van der Waals surface area contributed by atoms with Crippen LogP contribution in [0.3, 0.4) is 0 Å². The Labute approximate surface area is 126 Å². The van der Waals surface area contributed by atoms with Crippen LogP contribution in [0.15, 0.2) is 51.8 Å². The van der Waals surface area contributed by atoms with E-state index in [1.165, 1.54) is 20.5 Å². The minimum absolute atomic E-state index is 0.595. The highest BCUT2D eigenvalue weighted by Gasteiger charge is 2.20. The molecule has 1 atom stereocenters. The highest BCUT2D eigenvalue weighted by molar-refractivity contribution is 9.10. The molecule has 0 fully saturated rings. The SMILES string of the molecule is COc1ccc([C@@H]2CSc3ccc(Br)cc3C2)cc1. The third kappa shape index (κ3) is 2.82. The van der Waals surface area contributed by atoms with E-state index in [1.54, 1.807) is 7.11 Å². The van der Waals surface area contributed by atoms with E-state index in [-0.39, 0.29) is 0 Å². The summed E-state index contributed by atoms with van der Waals surface area (Å²) in [4.78, 5) is 1.42. The van der Waals surface area contributed by atoms with Gasteiger partial charge in [-0.25, -0.2) is 0 Å². The topological polar surface area (TPSA) is 9.23 Å². The molecule has 0 bridgehead atoms. The van der Waals surface area contributed by atoms with Crippen LogP contribution in [0.25, 0.3) is 0 Å². The number of ether oxygens (including phenoxy) is 1. The number of hydrogen-bond acceptors (Lipinski definition) is 2. The summed E-state index contributed by atoms with van der Waals surface area (Å²) in [6, 6.07) is 15.1. The third-order valence-corrected chi connectivity index (χ3v) is 5.29. The van der Waals surface area contributed by atoms with Crippen molar-refractivity contribution in [2.24, 2.45) is 0 Å². The van der Waals surface area contributed by atoms with Gasteiger partial charge in [0, 0.05) is 15.1 Å². The van der Waals surface area contributed by atoms with Crippen LogP contribution in [0.5, 0.6) is 5.75 Å². The molecule has 19 heavy (non-hydrogen) atoms. The molecule has 0 saturated carbocycles. The molecule has 0 aromatic heterocycles. The molecule has 0 amide bonds. The van der Waals surface area contributed by atoms with Gasteiger partial charge in [-0.2, -0.15) is 0 Å². The zero-order valence-electron chi connectivity index (χ0n) is 10.7. The molecule has 1 nitrogen and oxygen atoms in total. The fraction of sp³-hybridized carbons (Fsp3) is 0.250. The molecule has 1 aliphatic rings. The number of benzene rings is 2. The summed E-state index contributed by atoms with van der Waals surface area (Å²) in [5, 5.41) is 0. The van der Waals surface area contributed by atoms with Gasteiger partial charge in [0.15, 0.2) is 0 Å². The summed E-state index contributed by atoms with van der Waals surface area (Å²) in [6.45, 7) is 0. The van der Waals surface area contributed by atoms with Gasteiger partial charge in [-0.05, 0) is 53.8 Å². The van der Waals surface area contributed by atoms with E-state index in [0.29, 0.717) is 5.92 Å². The molecule has 0 N–H and O–H groups in total. The van der Waals surface area contributed by atoms with Crippen molar-refractivity contribution in [1.29, 1.82) is 0 Å². The first kappa shape index (κ1) is 13.1. The van der Waals surface area contributed by atoms with Crippen molar-refractivity contribution >= 4 is 27.7 Å². The Kier molecular flexibility index (Phi) is 3.85. The Morgan fingerprint density at radius 2 is 1.95 bits per heavy atom. The van der Waals surface area contributed by atoms with Crippen molar-refractivity contribution < 1.29 is 4.74 Å². The Bertz CT molecular complexity index is 580. The highest BCUT2D eigenvalue weighted by Crippen LogP contribution is 2.38. The lowest BCUT2D eigenvalue weighted by atomic mass is 9.93. The van der Waals surface area contributed by atoms with Crippen LogP contribution in [-0.4, -0.2) is 12.9 Å². The second kappa shape index (κ2) is 5.59. The third-order valence-electron chi connectivity index (χ3n) is 3.52. The Balaban J connectivity index is 1.84. The van der Waals surface area contributed by atoms with Gasteiger partial charge in [0.05, 0.1) is 7.11 Å². The van der Waals surface area contributed by atoms with Gasteiger partial charge in [0.1, 0.15) is 5.75 Å². The fourth-order valence-electron chi connectivity index (χ4n) is 2.45. The van der Waals surface area contributed by atoms with Gasteiger partial charge in [0.25, 0.3) is 0 Å². The maximum absolute atomic E-state index is 5.22. The molecular weight excluding hydrogens is 320 g/mol. The molecule has 0 radical (unpaired) electrons. The maximum atomic E-state index is 5.22. The molecule has 1 heterocycles. The van der Waals surface area contributed by atoms with E-state index in [0.717, 1.165) is 17.9 Å². The van der Waals surface area contributed by atoms with Gasteiger partial charge in [0.2, 0.25) is 0 Å². The first-order valence-corrected chi connectivity index (χ1v) is 8.09. The summed E-state index contributed by atoms with van der Waals surface area (Å²) in [5.41, 5.74) is 2.85. The molecule has 2 aromatic carbocycles. The smallest absolute Gasteiger partial charge is 0.118 e. The number of methoxy groups -OCH3 is 1. The molecule has 1 aliphatic heterocycles. The van der Waals surface area contributed by atoms with Crippen LogP contribution >= 0.6 is 27.7 Å². The predicted octanol–water partition coefficient (Wildman–Crippen LogP) is 4.89. The largest absolute Gasteiger partial charge is 0.497 e. The Morgan fingerprint density at radius 3 is 2.68 bits per heavy atom. The van der Waals surface area contributed by atoms with Crippen molar-refractivity contribution in [3.8, 4) is 5.75 Å². The zero-order chi connectivity index (χ0) is 13.2. The molecule has 3 heteroatoms. The van der Waals surface area contributed by atoms with E-state index in [2.05, 4.69) is 58.4 Å². The van der Waals surface area contributed by atoms with Gasteiger partial charge < -0.3 is 4.74 Å². The van der Waals surface area contributed by atoms with Crippen molar-refractivity contribution in [3.63, 3.8) is 0 Å². The molecule has 0 unspecified atom stereocenters. The van der Waals surface area contributed by atoms with Gasteiger partial charge in [-0.15, -0.1) is 11.8 Å². The maximum Gasteiger partial charge on any atom is 0.118 e. The molecule has 0 saturated heterocycles. The number of hydrogen-bond donors (Lipinski definition) is 0. The van der Waals surface area contributed by atoms with Crippen molar-refractivity contribution in [2.45, 2.75) is 17.2 Å². The summed E-state index contributed by atoms with van der Waals surface area (Å²) >= 11 is 5.52. The number of thioether (sulfide) groups is 1. The lowest BCUT2D eigenvalue weighted by Crippen LogP contribution is -2.11. The molecular formula is C16H15BrOS. The number of halogens is 1. The van der Waals surface area contributed by atoms with Gasteiger partial charge in [-0.1, -0.05) is 28.1 Å². The molecule has 0 aliphatic carbocycles. The van der Waals surface area contributed by atoms with Crippen molar-refractivity contribution in [1.82, 2.24) is 0 Å². The lowest BCUT2D eigenvalue weighted by molar-refractivity contribution is 0.414. The van der Waals surface area contributed by atoms with Crippen LogP contribution in [0.1, 0.15) is 17.0 Å². The standard InChI is InChI=1S/C16H15BrOS/c1-18-15-5-2-11(3-6-15)13-8-12-9-14(17)4-7-16(12)19-10-13/h2-7,9,13H,8,10H2,1H3/t13-/m0/s1. The van der Waals surface area contributed by atoms with E-state index in [4.69, 9.17) is 4.74 Å². The first-order chi connectivity index (χ1) is 9.26. The normalized spacial score (nSPS) is 17.9. The molecule has 98 valence electrons. The van der Waals surface area contributed by atoms with E-state index in [1.807, 2.05) is 11.8 Å². The second-order valence-electron chi connectivity index (χ2n) is 4.74. The van der Waals surface area contributed by atoms with Gasteiger partial charge >= 0.3 is 0 Å². The quantitative estimate of drug-likeness (QED) is 0.773. The Morgan fingerprint density at radius 1 is 1.16 bits per heavy atom. The monoisotopic (exact) mass is 334 g/mol. The van der Waals surface area contributed by atoms with Crippen LogP contribution < -0.4 is 4.74 Å². The summed E-state index contributed by atoms with van der Waals surface area (Å²) in [6.07, 6.45) is 1.12. The summed E-state index contributed by atoms with van der Waals surface area (Å²) in [5.74, 6) is 2.68. The van der Waals surface area contributed by atoms with E-state index in [9.17, 15) is 0 Å². The fourth-order valence-corrected chi connectivity index (χ4v) is 4.04. The highest BCUT2D eigenvalue weighted by atomic mass is 79.9. The summed E-state index contributed by atoms with van der Waals surface area (Å²) < 4.78 is 6.39. The van der Waals surface area contributed by atoms with Gasteiger partial charge in [-0.3, -0.25) is 0 Å². The number of rotatable bonds is 2. The average molecular weight is 335 g/mol. The van der Waals surface area contributed by atoms with Crippen molar-refractivity contribution in [2.75, 3.05) is 12.9 Å². The number of fused-ring (bicyclic) bond motifs is 1. The predicted molar refractivity (Wildman–Crippen MR) is 84.3 cm³/mol. The second-order valence-corrected chi connectivity index (χ2v) is 6.71. The average Bonchev–Trinajstić information content (AvgIpc) is 2.46. The van der Waals surface area contributed by atoms with E-state index < -0.39 is 0 Å². The van der Waals surface area contributed by atoms with Crippen LogP contribution in [0.4, 0.5) is 0 Å². The molecule has 2 aromatic rings. The first-order valence-electron chi connectivity index (χ1n) is 6.31. The lowest BCUT2D eigenvalue weighted by Gasteiger charge is -2.24. The van der Waals surface area contributed by atoms with Crippen molar-refractivity contribution in [3.05, 3.63) is 58.1 Å². The van der Waals surface area contributed by atoms with Crippen LogP contribution in [0, 0.1) is 0 Å². The molecule has 0 spiro atoms. The minimum Gasteiger partial charge on any atom is -0.497 e. The van der Waals surface area contributed by atoms with Crippen LogP contribution in [0.2, 0.25) is 0 Å². The zero-order valence-corrected chi connectivity index (χ0v) is 13.1. The molecule has 3 rings (SSSR count). The Hall–Kier alpha value is -0.930. The van der Waals surface area contributed by atoms with Crippen LogP contribution in [-0.2, 0) is 6.42 Å².